The predicted octanol–water partition coefficient (Wildman–Crippen LogP) is 3.13. The summed E-state index contributed by atoms with van der Waals surface area (Å²) in [4.78, 5) is 29.1. The van der Waals surface area contributed by atoms with Crippen LogP contribution in [0, 0.1) is 11.7 Å². The second-order valence-corrected chi connectivity index (χ2v) is 8.46. The maximum absolute atomic E-state index is 13.2. The second kappa shape index (κ2) is 8.19. The molecule has 2 aliphatic rings. The van der Waals surface area contributed by atoms with Gasteiger partial charge in [-0.05, 0) is 41.7 Å². The minimum Gasteiger partial charge on any atom is -0.361 e. The minimum atomic E-state index is -1.08. The van der Waals surface area contributed by atoms with E-state index in [1.807, 2.05) is 24.3 Å². The summed E-state index contributed by atoms with van der Waals surface area (Å²) in [6.45, 7) is 1.16. The quantitative estimate of drug-likeness (QED) is 0.761. The van der Waals surface area contributed by atoms with Crippen molar-refractivity contribution in [1.82, 2.24) is 9.80 Å². The maximum Gasteiger partial charge on any atom is 0.256 e. The van der Waals surface area contributed by atoms with E-state index in [4.69, 9.17) is 4.74 Å². The highest BCUT2D eigenvalue weighted by Crippen LogP contribution is 2.34. The third kappa shape index (κ3) is 4.24. The number of hydrogen-bond donors (Lipinski definition) is 0. The summed E-state index contributed by atoms with van der Waals surface area (Å²) >= 11 is 0. The fraction of sp³-hybridized carbons (Fsp3) is 0.417. The molecule has 5 nitrogen and oxygen atoms in total. The van der Waals surface area contributed by atoms with E-state index >= 15 is 0 Å². The van der Waals surface area contributed by atoms with Crippen LogP contribution in [0.2, 0.25) is 0 Å². The third-order valence-electron chi connectivity index (χ3n) is 5.84. The number of rotatable bonds is 5. The van der Waals surface area contributed by atoms with E-state index in [1.165, 1.54) is 17.0 Å². The highest BCUT2D eigenvalue weighted by Gasteiger charge is 2.47. The van der Waals surface area contributed by atoms with Crippen molar-refractivity contribution in [3.8, 4) is 11.1 Å². The van der Waals surface area contributed by atoms with Crippen LogP contribution < -0.4 is 0 Å². The number of benzene rings is 2. The largest absolute Gasteiger partial charge is 0.361 e. The molecule has 1 aliphatic heterocycles. The molecule has 1 heterocycles. The summed E-state index contributed by atoms with van der Waals surface area (Å²) < 4.78 is 19.2. The number of halogens is 1. The molecule has 1 atom stereocenters. The van der Waals surface area contributed by atoms with E-state index in [-0.39, 0.29) is 30.1 Å². The summed E-state index contributed by atoms with van der Waals surface area (Å²) in [5.41, 5.74) is 1.78. The molecule has 6 heteroatoms. The van der Waals surface area contributed by atoms with Crippen molar-refractivity contribution in [2.45, 2.75) is 24.9 Å². The molecule has 1 saturated heterocycles. The lowest BCUT2D eigenvalue weighted by Gasteiger charge is -2.43. The van der Waals surface area contributed by atoms with Crippen molar-refractivity contribution in [2.75, 3.05) is 33.8 Å². The predicted molar refractivity (Wildman–Crippen MR) is 112 cm³/mol. The van der Waals surface area contributed by atoms with E-state index < -0.39 is 5.60 Å². The van der Waals surface area contributed by atoms with Gasteiger partial charge in [0.05, 0.1) is 13.2 Å². The lowest BCUT2D eigenvalue weighted by atomic mass is 9.90. The first-order chi connectivity index (χ1) is 14.4. The molecule has 2 amide bonds. The highest BCUT2D eigenvalue weighted by atomic mass is 19.1. The van der Waals surface area contributed by atoms with Gasteiger partial charge in [0.15, 0.2) is 5.60 Å². The number of nitrogens with zero attached hydrogens (tertiary/aromatic N) is 2. The first kappa shape index (κ1) is 20.5. The van der Waals surface area contributed by atoms with Gasteiger partial charge in [-0.25, -0.2) is 4.39 Å². The number of carbonyl (C=O) groups excluding carboxylic acids is 2. The number of morpholine rings is 1. The van der Waals surface area contributed by atoms with Crippen LogP contribution in [0.15, 0.2) is 48.5 Å². The number of ether oxygens (including phenoxy) is 1. The second-order valence-electron chi connectivity index (χ2n) is 8.46. The van der Waals surface area contributed by atoms with Crippen LogP contribution in [0.5, 0.6) is 0 Å². The van der Waals surface area contributed by atoms with Gasteiger partial charge >= 0.3 is 0 Å². The van der Waals surface area contributed by atoms with Crippen LogP contribution in [-0.2, 0) is 20.7 Å². The molecular weight excluding hydrogens is 383 g/mol. The molecular formula is C24H27FN2O3. The van der Waals surface area contributed by atoms with Gasteiger partial charge in [0.25, 0.3) is 5.91 Å². The Bertz CT molecular complexity index is 922. The first-order valence-corrected chi connectivity index (χ1v) is 10.4. The molecule has 0 aromatic heterocycles. The van der Waals surface area contributed by atoms with Gasteiger partial charge < -0.3 is 14.5 Å². The van der Waals surface area contributed by atoms with Crippen LogP contribution in [-0.4, -0.2) is 61.0 Å². The molecule has 1 saturated carbocycles. The number of carbonyl (C=O) groups is 2. The summed E-state index contributed by atoms with van der Waals surface area (Å²) in [5, 5.41) is 0. The van der Waals surface area contributed by atoms with Crippen molar-refractivity contribution in [1.29, 1.82) is 0 Å². The van der Waals surface area contributed by atoms with Crippen molar-refractivity contribution in [3.05, 3.63) is 59.9 Å². The molecule has 0 N–H and O–H groups in total. The van der Waals surface area contributed by atoms with Gasteiger partial charge in [-0.1, -0.05) is 36.4 Å². The number of amides is 2. The molecule has 0 bridgehead atoms. The lowest BCUT2D eigenvalue weighted by molar-refractivity contribution is -0.173. The average molecular weight is 410 g/mol. The van der Waals surface area contributed by atoms with Crippen LogP contribution >= 0.6 is 0 Å². The van der Waals surface area contributed by atoms with E-state index in [9.17, 15) is 14.0 Å². The molecule has 158 valence electrons. The molecule has 2 aromatic rings. The zero-order valence-corrected chi connectivity index (χ0v) is 17.4. The fourth-order valence-corrected chi connectivity index (χ4v) is 4.07. The fourth-order valence-electron chi connectivity index (χ4n) is 4.07. The van der Waals surface area contributed by atoms with Crippen molar-refractivity contribution in [2.24, 2.45) is 5.92 Å². The number of hydrogen-bond acceptors (Lipinski definition) is 3. The van der Waals surface area contributed by atoms with Gasteiger partial charge in [-0.15, -0.1) is 0 Å². The Morgan fingerprint density at radius 1 is 1.07 bits per heavy atom. The number of likely N-dealkylation sites (N-methyl/N-ethyl adjacent to an activating group) is 1. The SMILES string of the molecule is CN(C)C(=O)[C@]1(Cc2ccc(-c3ccc(F)cc3)cc2)CN(C(=O)C2CC2)CCO1. The Hall–Kier alpha value is -2.73. The highest BCUT2D eigenvalue weighted by molar-refractivity contribution is 5.88. The Labute approximate surface area is 176 Å². The van der Waals surface area contributed by atoms with E-state index in [0.717, 1.165) is 29.5 Å². The van der Waals surface area contributed by atoms with Gasteiger partial charge in [0.1, 0.15) is 5.82 Å². The van der Waals surface area contributed by atoms with Gasteiger partial charge in [-0.3, -0.25) is 9.59 Å². The van der Waals surface area contributed by atoms with Gasteiger partial charge in [-0.2, -0.15) is 0 Å². The smallest absolute Gasteiger partial charge is 0.256 e. The zero-order chi connectivity index (χ0) is 21.3. The minimum absolute atomic E-state index is 0.116. The summed E-state index contributed by atoms with van der Waals surface area (Å²) in [7, 11) is 3.43. The Morgan fingerprint density at radius 2 is 1.67 bits per heavy atom. The van der Waals surface area contributed by atoms with E-state index in [2.05, 4.69) is 0 Å². The molecule has 0 unspecified atom stereocenters. The first-order valence-electron chi connectivity index (χ1n) is 10.4. The summed E-state index contributed by atoms with van der Waals surface area (Å²) in [6, 6.07) is 14.2. The van der Waals surface area contributed by atoms with Crippen LogP contribution in [0.25, 0.3) is 11.1 Å². The molecule has 2 aromatic carbocycles. The Balaban J connectivity index is 1.56. The molecule has 0 spiro atoms. The van der Waals surface area contributed by atoms with Crippen LogP contribution in [0.4, 0.5) is 4.39 Å². The van der Waals surface area contributed by atoms with Crippen molar-refractivity contribution >= 4 is 11.8 Å². The van der Waals surface area contributed by atoms with E-state index in [1.54, 1.807) is 31.1 Å². The van der Waals surface area contributed by atoms with Crippen molar-refractivity contribution < 1.29 is 18.7 Å². The molecule has 4 rings (SSSR count). The standard InChI is InChI=1S/C24H27FN2O3/c1-26(2)23(29)24(16-27(13-14-30-24)22(28)20-7-8-20)15-17-3-5-18(6-4-17)19-9-11-21(25)12-10-19/h3-6,9-12,20H,7-8,13-16H2,1-2H3/t24-/m0/s1. The van der Waals surface area contributed by atoms with Crippen molar-refractivity contribution in [3.63, 3.8) is 0 Å². The topological polar surface area (TPSA) is 49.9 Å². The molecule has 30 heavy (non-hydrogen) atoms. The van der Waals surface area contributed by atoms with Gasteiger partial charge in [0, 0.05) is 33.0 Å². The molecule has 0 radical (unpaired) electrons. The van der Waals surface area contributed by atoms with Gasteiger partial charge in [0.2, 0.25) is 5.91 Å². The van der Waals surface area contributed by atoms with Crippen LogP contribution in [0.3, 0.4) is 0 Å². The zero-order valence-electron chi connectivity index (χ0n) is 17.4. The normalized spacial score (nSPS) is 21.4. The Morgan fingerprint density at radius 3 is 2.23 bits per heavy atom. The average Bonchev–Trinajstić information content (AvgIpc) is 3.59. The third-order valence-corrected chi connectivity index (χ3v) is 5.84. The monoisotopic (exact) mass is 410 g/mol. The van der Waals surface area contributed by atoms with Crippen LogP contribution in [0.1, 0.15) is 18.4 Å². The van der Waals surface area contributed by atoms with E-state index in [0.29, 0.717) is 19.6 Å². The maximum atomic E-state index is 13.2. The Kier molecular flexibility index (Phi) is 5.60. The molecule has 2 fully saturated rings. The lowest BCUT2D eigenvalue weighted by Crippen LogP contribution is -2.62. The molecule has 1 aliphatic carbocycles. The summed E-state index contributed by atoms with van der Waals surface area (Å²) in [5.74, 6) is -0.135. The summed E-state index contributed by atoms with van der Waals surface area (Å²) in [6.07, 6.45) is 2.27.